The van der Waals surface area contributed by atoms with Gasteiger partial charge in [0, 0.05) is 6.20 Å². The molecule has 2 heterocycles. The van der Waals surface area contributed by atoms with Gasteiger partial charge in [0.1, 0.15) is 0 Å². The average Bonchev–Trinajstić information content (AvgIpc) is 2.87. The Hall–Kier alpha value is -2.70. The van der Waals surface area contributed by atoms with E-state index in [-0.39, 0.29) is 5.69 Å². The van der Waals surface area contributed by atoms with Crippen molar-refractivity contribution in [1.29, 1.82) is 0 Å². The molecule has 18 heavy (non-hydrogen) atoms. The van der Waals surface area contributed by atoms with Gasteiger partial charge in [0.05, 0.1) is 31.4 Å². The van der Waals surface area contributed by atoms with Gasteiger partial charge in [0.2, 0.25) is 0 Å². The predicted molar refractivity (Wildman–Crippen MR) is 62.1 cm³/mol. The Balaban J connectivity index is 2.34. The summed E-state index contributed by atoms with van der Waals surface area (Å²) in [6.45, 7) is 0. The number of carbonyl (C=O) groups excluding carboxylic acids is 1. The van der Waals surface area contributed by atoms with Gasteiger partial charge < -0.3 is 9.94 Å². The third-order valence-electron chi connectivity index (χ3n) is 2.25. The summed E-state index contributed by atoms with van der Waals surface area (Å²) in [5.41, 5.74) is 0.767. The molecule has 0 spiro atoms. The van der Waals surface area contributed by atoms with Crippen LogP contribution < -0.4 is 0 Å². The first kappa shape index (κ1) is 11.8. The van der Waals surface area contributed by atoms with Crippen molar-refractivity contribution in [3.8, 4) is 5.82 Å². The monoisotopic (exact) mass is 246 g/mol. The van der Waals surface area contributed by atoms with Crippen LogP contribution in [0, 0.1) is 0 Å². The molecule has 0 atom stereocenters. The van der Waals surface area contributed by atoms with Crippen LogP contribution in [-0.2, 0) is 4.74 Å². The summed E-state index contributed by atoms with van der Waals surface area (Å²) >= 11 is 0. The Labute approximate surface area is 102 Å². The summed E-state index contributed by atoms with van der Waals surface area (Å²) < 4.78 is 6.19. The smallest absolute Gasteiger partial charge is 0.358 e. The number of nitrogens with zero attached hydrogens (tertiary/aromatic N) is 4. The minimum Gasteiger partial charge on any atom is -0.464 e. The first-order valence-corrected chi connectivity index (χ1v) is 5.02. The molecular formula is C11H10N4O3. The summed E-state index contributed by atoms with van der Waals surface area (Å²) in [6, 6.07) is 3.52. The highest BCUT2D eigenvalue weighted by Gasteiger charge is 2.09. The molecule has 0 saturated carbocycles. The van der Waals surface area contributed by atoms with Crippen LogP contribution in [0.25, 0.3) is 5.82 Å². The zero-order valence-electron chi connectivity index (χ0n) is 9.52. The Morgan fingerprint density at radius 1 is 1.50 bits per heavy atom. The highest BCUT2D eigenvalue weighted by Crippen LogP contribution is 2.08. The second-order valence-corrected chi connectivity index (χ2v) is 3.30. The van der Waals surface area contributed by atoms with E-state index in [9.17, 15) is 4.79 Å². The lowest BCUT2D eigenvalue weighted by Crippen LogP contribution is -2.07. The third kappa shape index (κ3) is 2.19. The normalized spacial score (nSPS) is 10.7. The molecule has 0 amide bonds. The summed E-state index contributed by atoms with van der Waals surface area (Å²) in [5, 5.41) is 11.5. The van der Waals surface area contributed by atoms with Gasteiger partial charge in [-0.1, -0.05) is 5.16 Å². The molecule has 0 fully saturated rings. The van der Waals surface area contributed by atoms with Crippen molar-refractivity contribution in [3.63, 3.8) is 0 Å². The fourth-order valence-electron chi connectivity index (χ4n) is 1.42. The molecule has 0 aliphatic carbocycles. The summed E-state index contributed by atoms with van der Waals surface area (Å²) in [6.07, 6.45) is 5.76. The van der Waals surface area contributed by atoms with Gasteiger partial charge in [-0.15, -0.1) is 0 Å². The van der Waals surface area contributed by atoms with Gasteiger partial charge in [0.25, 0.3) is 0 Å². The van der Waals surface area contributed by atoms with Gasteiger partial charge in [-0.2, -0.15) is 0 Å². The summed E-state index contributed by atoms with van der Waals surface area (Å²) in [7, 11) is 1.28. The fraction of sp³-hybridized carbons (Fsp3) is 0.0909. The molecule has 0 unspecified atom stereocenters. The van der Waals surface area contributed by atoms with Crippen molar-refractivity contribution in [2.45, 2.75) is 0 Å². The Morgan fingerprint density at radius 3 is 2.94 bits per heavy atom. The molecule has 0 radical (unpaired) electrons. The number of ether oxygens (including phenoxy) is 1. The number of oxime groups is 1. The van der Waals surface area contributed by atoms with Crippen LogP contribution in [0.1, 0.15) is 16.2 Å². The van der Waals surface area contributed by atoms with Crippen molar-refractivity contribution in [2.75, 3.05) is 7.11 Å². The van der Waals surface area contributed by atoms with Crippen LogP contribution in [-0.4, -0.2) is 39.0 Å². The molecule has 7 heteroatoms. The maximum atomic E-state index is 11.2. The van der Waals surface area contributed by atoms with Crippen LogP contribution in [0.5, 0.6) is 0 Å². The maximum Gasteiger partial charge on any atom is 0.358 e. The van der Waals surface area contributed by atoms with Crippen molar-refractivity contribution >= 4 is 12.2 Å². The van der Waals surface area contributed by atoms with Gasteiger partial charge in [-0.05, 0) is 12.1 Å². The second-order valence-electron chi connectivity index (χ2n) is 3.30. The lowest BCUT2D eigenvalue weighted by atomic mass is 10.4. The SMILES string of the molecule is COC(=O)c1cnc(-n2cccc2/C=N/O)cn1. The van der Waals surface area contributed by atoms with E-state index in [1.54, 1.807) is 22.9 Å². The fourth-order valence-corrected chi connectivity index (χ4v) is 1.42. The van der Waals surface area contributed by atoms with Crippen molar-refractivity contribution < 1.29 is 14.7 Å². The van der Waals surface area contributed by atoms with E-state index < -0.39 is 5.97 Å². The number of hydrogen-bond acceptors (Lipinski definition) is 6. The largest absolute Gasteiger partial charge is 0.464 e. The molecule has 2 rings (SSSR count). The molecule has 2 aromatic heterocycles. The van der Waals surface area contributed by atoms with E-state index in [1.165, 1.54) is 25.7 Å². The van der Waals surface area contributed by atoms with E-state index >= 15 is 0 Å². The maximum absolute atomic E-state index is 11.2. The van der Waals surface area contributed by atoms with Crippen LogP contribution in [0.4, 0.5) is 0 Å². The Bertz CT molecular complexity index is 574. The zero-order chi connectivity index (χ0) is 13.0. The van der Waals surface area contributed by atoms with Crippen molar-refractivity contribution in [3.05, 3.63) is 42.1 Å². The summed E-state index contributed by atoms with van der Waals surface area (Å²) in [4.78, 5) is 19.2. The molecule has 0 aromatic carbocycles. The zero-order valence-corrected chi connectivity index (χ0v) is 9.52. The Morgan fingerprint density at radius 2 is 2.33 bits per heavy atom. The molecule has 92 valence electrons. The van der Waals surface area contributed by atoms with Crippen LogP contribution in [0.15, 0.2) is 35.9 Å². The number of hydrogen-bond donors (Lipinski definition) is 1. The average molecular weight is 246 g/mol. The van der Waals surface area contributed by atoms with Crippen LogP contribution >= 0.6 is 0 Å². The number of esters is 1. The molecule has 0 bridgehead atoms. The number of carbonyl (C=O) groups is 1. The van der Waals surface area contributed by atoms with Gasteiger partial charge in [0.15, 0.2) is 11.5 Å². The molecule has 0 aliphatic rings. The number of methoxy groups -OCH3 is 1. The van der Waals surface area contributed by atoms with Crippen molar-refractivity contribution in [1.82, 2.24) is 14.5 Å². The molecule has 0 saturated heterocycles. The lowest BCUT2D eigenvalue weighted by molar-refractivity contribution is 0.0593. The van der Waals surface area contributed by atoms with E-state index in [2.05, 4.69) is 19.9 Å². The predicted octanol–water partition coefficient (Wildman–Crippen LogP) is 0.862. The molecule has 1 N–H and O–H groups in total. The van der Waals surface area contributed by atoms with Gasteiger partial charge in [-0.3, -0.25) is 4.57 Å². The quantitative estimate of drug-likeness (QED) is 0.375. The first-order chi connectivity index (χ1) is 8.76. The Kier molecular flexibility index (Phi) is 3.33. The van der Waals surface area contributed by atoms with E-state index in [1.807, 2.05) is 0 Å². The lowest BCUT2D eigenvalue weighted by Gasteiger charge is -2.04. The molecule has 7 nitrogen and oxygen atoms in total. The van der Waals surface area contributed by atoms with Crippen LogP contribution in [0.2, 0.25) is 0 Å². The van der Waals surface area contributed by atoms with Crippen molar-refractivity contribution in [2.24, 2.45) is 5.16 Å². The number of aromatic nitrogens is 3. The topological polar surface area (TPSA) is 89.6 Å². The van der Waals surface area contributed by atoms with E-state index in [4.69, 9.17) is 5.21 Å². The molecule has 2 aromatic rings. The second kappa shape index (κ2) is 5.09. The van der Waals surface area contributed by atoms with Gasteiger partial charge >= 0.3 is 5.97 Å². The standard InChI is InChI=1S/C11H10N4O3/c1-18-11(16)9-6-13-10(7-12-9)15-4-2-3-8(15)5-14-17/h2-7,17H,1H3/b14-5+. The highest BCUT2D eigenvalue weighted by molar-refractivity contribution is 5.86. The summed E-state index contributed by atoms with van der Waals surface area (Å²) in [5.74, 6) is -0.0405. The van der Waals surface area contributed by atoms with E-state index in [0.29, 0.717) is 11.5 Å². The minimum atomic E-state index is -0.543. The van der Waals surface area contributed by atoms with Gasteiger partial charge in [-0.25, -0.2) is 14.8 Å². The molecular weight excluding hydrogens is 236 g/mol. The number of rotatable bonds is 3. The first-order valence-electron chi connectivity index (χ1n) is 5.02. The van der Waals surface area contributed by atoms with E-state index in [0.717, 1.165) is 0 Å². The minimum absolute atomic E-state index is 0.130. The molecule has 0 aliphatic heterocycles. The van der Waals surface area contributed by atoms with Crippen LogP contribution in [0.3, 0.4) is 0 Å². The highest BCUT2D eigenvalue weighted by atomic mass is 16.5. The third-order valence-corrected chi connectivity index (χ3v) is 2.25.